The molecule has 3 fully saturated rings. The van der Waals surface area contributed by atoms with E-state index in [9.17, 15) is 34.5 Å². The molecule has 0 aliphatic heterocycles. The number of aromatic hydroxyl groups is 1. The molecular formula is C42H51N3O7. The van der Waals surface area contributed by atoms with E-state index in [2.05, 4.69) is 37.3 Å². The van der Waals surface area contributed by atoms with E-state index >= 15 is 0 Å². The summed E-state index contributed by atoms with van der Waals surface area (Å²) in [5.41, 5.74) is 9.78. The first-order valence-corrected chi connectivity index (χ1v) is 18.6. The third-order valence-corrected chi connectivity index (χ3v) is 13.1. The fourth-order valence-electron chi connectivity index (χ4n) is 10.5. The standard InChI is InChI=1S/C42H51N3O7/c1-21-8-6-7-9-27(21)24-13-10-22(11-14-24)16-23-12-15-25(17-23)28-20-31(44(2)3)29-18-26-19-30-35(45(4)5)38(48)34(41(43)51)40(50)42(30,52)39(49)32(26)37(47)33(29)36(28)46/h6-9,12,15,20,22,24,26,30,32,34-35,38,46,48,52H,10-11,13-14,16-19H2,1-5H3,(H2,43,51)/t22?,24?,26-,30-,32?,34?,35-,38?,42-/m1/s1. The van der Waals surface area contributed by atoms with Gasteiger partial charge in [0.25, 0.3) is 0 Å². The zero-order chi connectivity index (χ0) is 37.4. The number of aryl methyl sites for hydroxylation is 1. The van der Waals surface area contributed by atoms with E-state index in [1.165, 1.54) is 29.5 Å². The fourth-order valence-corrected chi connectivity index (χ4v) is 10.5. The molecule has 0 saturated heterocycles. The van der Waals surface area contributed by atoms with Crippen molar-refractivity contribution in [3.8, 4) is 5.75 Å². The maximum atomic E-state index is 14.5. The minimum absolute atomic E-state index is 0.0423. The van der Waals surface area contributed by atoms with Crippen molar-refractivity contribution in [2.75, 3.05) is 33.1 Å². The molecule has 0 spiro atoms. The van der Waals surface area contributed by atoms with E-state index in [0.717, 1.165) is 30.5 Å². The van der Waals surface area contributed by atoms with Crippen LogP contribution < -0.4 is 10.6 Å². The molecule has 10 heteroatoms. The van der Waals surface area contributed by atoms with Crippen molar-refractivity contribution in [1.29, 1.82) is 0 Å². The van der Waals surface area contributed by atoms with Gasteiger partial charge in [0.15, 0.2) is 23.0 Å². The molecule has 2 aromatic rings. The number of phenolic OH excluding ortho intramolecular Hbond substituents is 1. The lowest BCUT2D eigenvalue weighted by Gasteiger charge is -2.55. The van der Waals surface area contributed by atoms with Crippen molar-refractivity contribution in [2.24, 2.45) is 35.3 Å². The van der Waals surface area contributed by atoms with Gasteiger partial charge in [-0.2, -0.15) is 0 Å². The molecule has 0 radical (unpaired) electrons. The summed E-state index contributed by atoms with van der Waals surface area (Å²) < 4.78 is 0. The summed E-state index contributed by atoms with van der Waals surface area (Å²) in [6, 6.07) is 9.66. The van der Waals surface area contributed by atoms with Gasteiger partial charge in [0.1, 0.15) is 11.7 Å². The van der Waals surface area contributed by atoms with E-state index in [0.29, 0.717) is 29.4 Å². The summed E-state index contributed by atoms with van der Waals surface area (Å²) in [6.07, 6.45) is 9.25. The van der Waals surface area contributed by atoms with Crippen molar-refractivity contribution >= 4 is 34.5 Å². The Kier molecular flexibility index (Phi) is 9.33. The van der Waals surface area contributed by atoms with Gasteiger partial charge in [-0.1, -0.05) is 42.0 Å². The van der Waals surface area contributed by atoms with Gasteiger partial charge < -0.3 is 30.9 Å². The molecule has 2 aromatic carbocycles. The summed E-state index contributed by atoms with van der Waals surface area (Å²) in [5, 5.41) is 35.0. The van der Waals surface area contributed by atoms with Crippen LogP contribution in [-0.2, 0) is 20.8 Å². The lowest BCUT2D eigenvalue weighted by Crippen LogP contribution is -2.75. The zero-order valence-corrected chi connectivity index (χ0v) is 30.8. The molecule has 0 bridgehead atoms. The molecule has 52 heavy (non-hydrogen) atoms. The number of amides is 1. The number of fused-ring (bicyclic) bond motifs is 3. The minimum Gasteiger partial charge on any atom is -0.507 e. The van der Waals surface area contributed by atoms with E-state index in [4.69, 9.17) is 5.73 Å². The summed E-state index contributed by atoms with van der Waals surface area (Å²) in [4.78, 5) is 58.5. The molecule has 0 heterocycles. The van der Waals surface area contributed by atoms with Crippen LogP contribution in [0.2, 0.25) is 0 Å². The number of carbonyl (C=O) groups excluding carboxylic acids is 4. The number of likely N-dealkylation sites (N-methyl/N-ethyl adjacent to an activating group) is 1. The quantitative estimate of drug-likeness (QED) is 0.310. The number of nitrogens with zero attached hydrogens (tertiary/aromatic N) is 2. The predicted octanol–water partition coefficient (Wildman–Crippen LogP) is 4.11. The highest BCUT2D eigenvalue weighted by Crippen LogP contribution is 2.54. The number of primary amides is 1. The lowest BCUT2D eigenvalue weighted by molar-refractivity contribution is -0.190. The highest BCUT2D eigenvalue weighted by molar-refractivity contribution is 6.26. The highest BCUT2D eigenvalue weighted by atomic mass is 16.3. The van der Waals surface area contributed by atoms with Crippen molar-refractivity contribution in [1.82, 2.24) is 4.90 Å². The molecule has 3 unspecified atom stereocenters. The van der Waals surface area contributed by atoms with Crippen LogP contribution in [-0.4, -0.2) is 89.4 Å². The summed E-state index contributed by atoms with van der Waals surface area (Å²) in [7, 11) is 7.03. The number of aliphatic hydroxyl groups is 2. The van der Waals surface area contributed by atoms with Crippen LogP contribution >= 0.6 is 0 Å². The molecule has 276 valence electrons. The lowest BCUT2D eigenvalue weighted by atomic mass is 9.52. The topological polar surface area (TPSA) is 161 Å². The highest BCUT2D eigenvalue weighted by Gasteiger charge is 2.69. The third kappa shape index (κ3) is 5.65. The number of Topliss-reactive ketones (excluding diaryl/α,β-unsaturated/α-hetero) is 3. The SMILES string of the molecule is Cc1ccccc1C1CCC(CC2=CC=C(c3cc(N(C)C)c4c(c3O)C(=O)C3C(=O)[C@@]5(O)C(=O)C(C(N)=O)C(O)[C@H](N(C)C)[C@H]5C[C@H]3C4)C2)CC1. The number of hydrogen-bond acceptors (Lipinski definition) is 9. The Morgan fingerprint density at radius 3 is 2.33 bits per heavy atom. The van der Waals surface area contributed by atoms with E-state index in [1.807, 2.05) is 31.1 Å². The Morgan fingerprint density at radius 2 is 1.69 bits per heavy atom. The Morgan fingerprint density at radius 1 is 1.00 bits per heavy atom. The van der Waals surface area contributed by atoms with Crippen molar-refractivity contribution in [2.45, 2.75) is 82.0 Å². The second kappa shape index (κ2) is 13.4. The van der Waals surface area contributed by atoms with E-state index in [-0.39, 0.29) is 24.2 Å². The number of rotatable bonds is 7. The molecule has 1 amide bonds. The molecule has 10 nitrogen and oxygen atoms in total. The number of nitrogens with two attached hydrogens (primary N) is 1. The van der Waals surface area contributed by atoms with Gasteiger partial charge in [-0.25, -0.2) is 0 Å². The van der Waals surface area contributed by atoms with Gasteiger partial charge in [-0.05, 0) is 118 Å². The van der Waals surface area contributed by atoms with Crippen molar-refractivity contribution in [3.05, 3.63) is 75.9 Å². The first kappa shape index (κ1) is 36.2. The van der Waals surface area contributed by atoms with E-state index < -0.39 is 64.7 Å². The van der Waals surface area contributed by atoms with Crippen LogP contribution in [0.15, 0.2) is 48.1 Å². The largest absolute Gasteiger partial charge is 0.507 e. The Hall–Kier alpha value is -4.12. The van der Waals surface area contributed by atoms with Crippen LogP contribution in [0.1, 0.15) is 83.5 Å². The second-order valence-corrected chi connectivity index (χ2v) is 16.5. The first-order chi connectivity index (χ1) is 24.6. The van der Waals surface area contributed by atoms with E-state index in [1.54, 1.807) is 19.0 Å². The molecule has 7 rings (SSSR count). The predicted molar refractivity (Wildman–Crippen MR) is 198 cm³/mol. The van der Waals surface area contributed by atoms with Crippen molar-refractivity contribution in [3.63, 3.8) is 0 Å². The number of ketones is 3. The normalized spacial score (nSPS) is 32.9. The number of carbonyl (C=O) groups is 4. The van der Waals surface area contributed by atoms with Gasteiger partial charge >= 0.3 is 0 Å². The molecule has 5 N–H and O–H groups in total. The molecule has 7 atom stereocenters. The maximum absolute atomic E-state index is 14.5. The molecule has 5 aliphatic rings. The van der Waals surface area contributed by atoms with Crippen LogP contribution in [0.25, 0.3) is 5.57 Å². The Bertz CT molecular complexity index is 1900. The number of anilines is 1. The van der Waals surface area contributed by atoms with Crippen molar-refractivity contribution < 1.29 is 34.5 Å². The van der Waals surface area contributed by atoms with Gasteiger partial charge in [-0.15, -0.1) is 0 Å². The molecule has 3 saturated carbocycles. The van der Waals surface area contributed by atoms with Gasteiger partial charge in [0.05, 0.1) is 17.6 Å². The van der Waals surface area contributed by atoms with Gasteiger partial charge in [-0.3, -0.25) is 19.2 Å². The van der Waals surface area contributed by atoms with Crippen LogP contribution in [0, 0.1) is 36.5 Å². The summed E-state index contributed by atoms with van der Waals surface area (Å²) in [5.74, 6) is -7.81. The van der Waals surface area contributed by atoms with Crippen LogP contribution in [0.4, 0.5) is 5.69 Å². The number of hydrogen-bond donors (Lipinski definition) is 4. The van der Waals surface area contributed by atoms with Crippen LogP contribution in [0.3, 0.4) is 0 Å². The van der Waals surface area contributed by atoms with Crippen LogP contribution in [0.5, 0.6) is 5.75 Å². The number of allylic oxidation sites excluding steroid dienone is 4. The summed E-state index contributed by atoms with van der Waals surface area (Å²) >= 11 is 0. The Balaban J connectivity index is 1.14. The molecule has 5 aliphatic carbocycles. The van der Waals surface area contributed by atoms with Gasteiger partial charge in [0.2, 0.25) is 5.91 Å². The monoisotopic (exact) mass is 709 g/mol. The number of benzene rings is 2. The third-order valence-electron chi connectivity index (χ3n) is 13.1. The summed E-state index contributed by atoms with van der Waals surface area (Å²) in [6.45, 7) is 2.19. The van der Waals surface area contributed by atoms with Gasteiger partial charge in [0, 0.05) is 37.3 Å². The average Bonchev–Trinajstić information content (AvgIpc) is 3.54. The number of aliphatic hydroxyl groups excluding tert-OH is 1. The minimum atomic E-state index is -2.69. The second-order valence-electron chi connectivity index (χ2n) is 16.5. The average molecular weight is 710 g/mol. The first-order valence-electron chi connectivity index (χ1n) is 18.6. The fraction of sp³-hybridized carbons (Fsp3) is 0.524. The molecule has 0 aromatic heterocycles. The number of phenols is 1. The molecular weight excluding hydrogens is 658 g/mol. The zero-order valence-electron chi connectivity index (χ0n) is 30.8. The smallest absolute Gasteiger partial charge is 0.230 e. The Labute approximate surface area is 305 Å². The maximum Gasteiger partial charge on any atom is 0.230 e.